The maximum absolute atomic E-state index is 12.7. The summed E-state index contributed by atoms with van der Waals surface area (Å²) < 4.78 is 5.21. The van der Waals surface area contributed by atoms with Gasteiger partial charge in [-0.2, -0.15) is 0 Å². The van der Waals surface area contributed by atoms with Crippen molar-refractivity contribution in [1.29, 1.82) is 0 Å². The van der Waals surface area contributed by atoms with Crippen LogP contribution in [0.3, 0.4) is 0 Å². The standard InChI is InChI=1S/C18H22ClN3O2/c1-13(12-24-2)21-7-9-22(10-8-21)18(23)16-6-4-14-3-5-15(19)11-17(14)20-16/h3-6,11,13H,7-10,12H2,1-2H3/t13-/m0/s1. The van der Waals surface area contributed by atoms with E-state index in [4.69, 9.17) is 16.3 Å². The van der Waals surface area contributed by atoms with E-state index in [0.29, 0.717) is 36.5 Å². The Balaban J connectivity index is 1.69. The molecular formula is C18H22ClN3O2. The van der Waals surface area contributed by atoms with Crippen molar-refractivity contribution >= 4 is 28.4 Å². The van der Waals surface area contributed by atoms with Crippen LogP contribution < -0.4 is 0 Å². The molecule has 0 aliphatic carbocycles. The van der Waals surface area contributed by atoms with Crippen LogP contribution in [-0.2, 0) is 4.74 Å². The summed E-state index contributed by atoms with van der Waals surface area (Å²) in [5.74, 6) is -0.0177. The van der Waals surface area contributed by atoms with Gasteiger partial charge in [0.1, 0.15) is 5.69 Å². The van der Waals surface area contributed by atoms with Crippen LogP contribution in [0.4, 0.5) is 0 Å². The Bertz CT molecular complexity index is 729. The second kappa shape index (κ2) is 7.47. The Morgan fingerprint density at radius 2 is 1.96 bits per heavy atom. The number of rotatable bonds is 4. The molecule has 0 unspecified atom stereocenters. The van der Waals surface area contributed by atoms with Gasteiger partial charge in [-0.15, -0.1) is 0 Å². The molecule has 6 heteroatoms. The van der Waals surface area contributed by atoms with Gasteiger partial charge in [0, 0.05) is 49.7 Å². The van der Waals surface area contributed by atoms with Crippen molar-refractivity contribution in [2.24, 2.45) is 0 Å². The number of amides is 1. The van der Waals surface area contributed by atoms with Gasteiger partial charge >= 0.3 is 0 Å². The molecule has 0 N–H and O–H groups in total. The van der Waals surface area contributed by atoms with E-state index < -0.39 is 0 Å². The van der Waals surface area contributed by atoms with Crippen LogP contribution in [0.2, 0.25) is 5.02 Å². The fourth-order valence-corrected chi connectivity index (χ4v) is 3.25. The quantitative estimate of drug-likeness (QED) is 0.853. The van der Waals surface area contributed by atoms with Crippen LogP contribution in [0, 0.1) is 0 Å². The predicted octanol–water partition coefficient (Wildman–Crippen LogP) is 2.68. The third-order valence-electron chi connectivity index (χ3n) is 4.51. The number of fused-ring (bicyclic) bond motifs is 1. The van der Waals surface area contributed by atoms with Crippen molar-refractivity contribution in [3.63, 3.8) is 0 Å². The number of methoxy groups -OCH3 is 1. The molecule has 1 aromatic carbocycles. The molecule has 1 aromatic heterocycles. The molecular weight excluding hydrogens is 326 g/mol. The summed E-state index contributed by atoms with van der Waals surface area (Å²) in [6.45, 7) is 5.99. The smallest absolute Gasteiger partial charge is 0.272 e. The van der Waals surface area contributed by atoms with Gasteiger partial charge in [-0.05, 0) is 25.1 Å². The van der Waals surface area contributed by atoms with Crippen molar-refractivity contribution in [2.45, 2.75) is 13.0 Å². The summed E-state index contributed by atoms with van der Waals surface area (Å²) in [4.78, 5) is 21.4. The Kier molecular flexibility index (Phi) is 5.33. The van der Waals surface area contributed by atoms with Crippen LogP contribution in [0.5, 0.6) is 0 Å². The zero-order chi connectivity index (χ0) is 17.1. The molecule has 1 fully saturated rings. The number of pyridine rings is 1. The molecule has 1 amide bonds. The van der Waals surface area contributed by atoms with Crippen molar-refractivity contribution in [3.8, 4) is 0 Å². The molecule has 3 rings (SSSR count). The van der Waals surface area contributed by atoms with E-state index in [1.165, 1.54) is 0 Å². The highest BCUT2D eigenvalue weighted by molar-refractivity contribution is 6.31. The van der Waals surface area contributed by atoms with E-state index in [2.05, 4.69) is 16.8 Å². The van der Waals surface area contributed by atoms with Gasteiger partial charge in [-0.3, -0.25) is 9.69 Å². The number of benzene rings is 1. The monoisotopic (exact) mass is 347 g/mol. The molecule has 0 bridgehead atoms. The number of piperazine rings is 1. The largest absolute Gasteiger partial charge is 0.383 e. The van der Waals surface area contributed by atoms with E-state index in [-0.39, 0.29) is 5.91 Å². The summed E-state index contributed by atoms with van der Waals surface area (Å²) in [6.07, 6.45) is 0. The van der Waals surface area contributed by atoms with Gasteiger partial charge in [0.25, 0.3) is 5.91 Å². The van der Waals surface area contributed by atoms with Gasteiger partial charge < -0.3 is 9.64 Å². The summed E-state index contributed by atoms with van der Waals surface area (Å²) in [7, 11) is 1.72. The number of halogens is 1. The van der Waals surface area contributed by atoms with E-state index in [1.54, 1.807) is 19.2 Å². The van der Waals surface area contributed by atoms with Crippen molar-refractivity contribution in [3.05, 3.63) is 41.0 Å². The molecule has 0 saturated carbocycles. The lowest BCUT2D eigenvalue weighted by molar-refractivity contribution is 0.0445. The first kappa shape index (κ1) is 17.1. The first-order valence-corrected chi connectivity index (χ1v) is 8.55. The Labute approximate surface area is 147 Å². The third-order valence-corrected chi connectivity index (χ3v) is 4.74. The second-order valence-corrected chi connectivity index (χ2v) is 6.60. The molecule has 2 heterocycles. The van der Waals surface area contributed by atoms with Gasteiger partial charge in [-0.25, -0.2) is 4.98 Å². The van der Waals surface area contributed by atoms with E-state index >= 15 is 0 Å². The number of aromatic nitrogens is 1. The highest BCUT2D eigenvalue weighted by Crippen LogP contribution is 2.19. The molecule has 5 nitrogen and oxygen atoms in total. The fourth-order valence-electron chi connectivity index (χ4n) is 3.08. The lowest BCUT2D eigenvalue weighted by Crippen LogP contribution is -2.52. The number of hydrogen-bond acceptors (Lipinski definition) is 4. The Morgan fingerprint density at radius 3 is 2.67 bits per heavy atom. The summed E-state index contributed by atoms with van der Waals surface area (Å²) in [6, 6.07) is 9.61. The summed E-state index contributed by atoms with van der Waals surface area (Å²) in [5, 5.41) is 1.61. The number of carbonyl (C=O) groups is 1. The summed E-state index contributed by atoms with van der Waals surface area (Å²) >= 11 is 6.02. The molecule has 1 atom stereocenters. The normalized spacial score (nSPS) is 17.2. The van der Waals surface area contributed by atoms with Crippen LogP contribution in [-0.4, -0.2) is 66.6 Å². The number of carbonyl (C=O) groups excluding carboxylic acids is 1. The maximum atomic E-state index is 12.7. The number of ether oxygens (including phenoxy) is 1. The molecule has 0 spiro atoms. The van der Waals surface area contributed by atoms with Crippen LogP contribution in [0.1, 0.15) is 17.4 Å². The lowest BCUT2D eigenvalue weighted by Gasteiger charge is -2.37. The molecule has 24 heavy (non-hydrogen) atoms. The second-order valence-electron chi connectivity index (χ2n) is 6.17. The average Bonchev–Trinajstić information content (AvgIpc) is 2.60. The Hall–Kier alpha value is -1.69. The van der Waals surface area contributed by atoms with Crippen LogP contribution in [0.15, 0.2) is 30.3 Å². The van der Waals surface area contributed by atoms with Gasteiger partial charge in [0.2, 0.25) is 0 Å². The van der Waals surface area contributed by atoms with Crippen LogP contribution >= 0.6 is 11.6 Å². The minimum absolute atomic E-state index is 0.0177. The lowest BCUT2D eigenvalue weighted by atomic mass is 10.2. The van der Waals surface area contributed by atoms with Gasteiger partial charge in [0.15, 0.2) is 0 Å². The maximum Gasteiger partial charge on any atom is 0.272 e. The third kappa shape index (κ3) is 3.69. The van der Waals surface area contributed by atoms with Crippen molar-refractivity contribution in [2.75, 3.05) is 39.9 Å². The first-order chi connectivity index (χ1) is 11.6. The topological polar surface area (TPSA) is 45.7 Å². The number of nitrogens with zero attached hydrogens (tertiary/aromatic N) is 3. The van der Waals surface area contributed by atoms with E-state index in [9.17, 15) is 4.79 Å². The predicted molar refractivity (Wildman–Crippen MR) is 95.6 cm³/mol. The minimum Gasteiger partial charge on any atom is -0.383 e. The SMILES string of the molecule is COC[C@H](C)N1CCN(C(=O)c2ccc3ccc(Cl)cc3n2)CC1. The minimum atomic E-state index is -0.0177. The zero-order valence-electron chi connectivity index (χ0n) is 14.0. The molecule has 1 aliphatic heterocycles. The molecule has 2 aromatic rings. The highest BCUT2D eigenvalue weighted by atomic mass is 35.5. The Morgan fingerprint density at radius 1 is 1.25 bits per heavy atom. The van der Waals surface area contributed by atoms with Crippen LogP contribution in [0.25, 0.3) is 10.9 Å². The molecule has 1 saturated heterocycles. The fraction of sp³-hybridized carbons (Fsp3) is 0.444. The van der Waals surface area contributed by atoms with E-state index in [1.807, 2.05) is 23.1 Å². The first-order valence-electron chi connectivity index (χ1n) is 8.17. The summed E-state index contributed by atoms with van der Waals surface area (Å²) in [5.41, 5.74) is 1.23. The molecule has 0 radical (unpaired) electrons. The van der Waals surface area contributed by atoms with Crippen molar-refractivity contribution in [1.82, 2.24) is 14.8 Å². The average molecular weight is 348 g/mol. The van der Waals surface area contributed by atoms with Gasteiger partial charge in [-0.1, -0.05) is 23.7 Å². The highest BCUT2D eigenvalue weighted by Gasteiger charge is 2.25. The van der Waals surface area contributed by atoms with E-state index in [0.717, 1.165) is 24.0 Å². The zero-order valence-corrected chi connectivity index (χ0v) is 14.8. The molecule has 128 valence electrons. The van der Waals surface area contributed by atoms with Crippen molar-refractivity contribution < 1.29 is 9.53 Å². The number of hydrogen-bond donors (Lipinski definition) is 0. The van der Waals surface area contributed by atoms with Gasteiger partial charge in [0.05, 0.1) is 12.1 Å². The molecule has 1 aliphatic rings.